The van der Waals surface area contributed by atoms with Gasteiger partial charge in [-0.25, -0.2) is 0 Å². The van der Waals surface area contributed by atoms with Crippen molar-refractivity contribution >= 4 is 17.6 Å². The van der Waals surface area contributed by atoms with Crippen LogP contribution in [0.25, 0.3) is 22.3 Å². The number of benzene rings is 4. The first-order chi connectivity index (χ1) is 18.5. The Morgan fingerprint density at radius 3 is 2.08 bits per heavy atom. The van der Waals surface area contributed by atoms with Crippen LogP contribution in [0, 0.1) is 5.92 Å². The highest BCUT2D eigenvalue weighted by atomic mass is 16.5. The normalized spacial score (nSPS) is 13.5. The van der Waals surface area contributed by atoms with Gasteiger partial charge in [0, 0.05) is 30.9 Å². The summed E-state index contributed by atoms with van der Waals surface area (Å²) in [5.74, 6) is -0.378. The van der Waals surface area contributed by atoms with E-state index in [0.717, 1.165) is 47.5 Å². The molecule has 1 aliphatic heterocycles. The SMILES string of the molecule is CCC(CN1Cc2ccc(-c3ccc(C(=O)Nc4ccc(-c5ccccc5)cc4)cc3)cc2C1)C(=O)OC. The minimum atomic E-state index is -0.141. The molecular weight excluding hydrogens is 472 g/mol. The summed E-state index contributed by atoms with van der Waals surface area (Å²) >= 11 is 0. The van der Waals surface area contributed by atoms with E-state index in [1.165, 1.54) is 18.2 Å². The lowest BCUT2D eigenvalue weighted by molar-refractivity contribution is -0.146. The monoisotopic (exact) mass is 504 g/mol. The number of esters is 1. The van der Waals surface area contributed by atoms with E-state index in [2.05, 4.69) is 40.5 Å². The molecule has 38 heavy (non-hydrogen) atoms. The number of carbonyl (C=O) groups is 2. The van der Waals surface area contributed by atoms with Crippen LogP contribution in [-0.2, 0) is 22.6 Å². The van der Waals surface area contributed by atoms with Crippen molar-refractivity contribution in [2.75, 3.05) is 19.0 Å². The van der Waals surface area contributed by atoms with Gasteiger partial charge in [-0.15, -0.1) is 0 Å². The molecule has 1 N–H and O–H groups in total. The average Bonchev–Trinajstić information content (AvgIpc) is 3.38. The molecule has 0 fully saturated rings. The maximum Gasteiger partial charge on any atom is 0.309 e. The molecule has 0 bridgehead atoms. The Balaban J connectivity index is 1.22. The minimum absolute atomic E-state index is 0.103. The second kappa shape index (κ2) is 11.4. The molecule has 4 aromatic rings. The van der Waals surface area contributed by atoms with Gasteiger partial charge in [0.05, 0.1) is 13.0 Å². The van der Waals surface area contributed by atoms with Gasteiger partial charge in [0.25, 0.3) is 5.91 Å². The number of ether oxygens (including phenoxy) is 1. The van der Waals surface area contributed by atoms with Gasteiger partial charge < -0.3 is 10.1 Å². The molecule has 1 amide bonds. The van der Waals surface area contributed by atoms with E-state index in [1.807, 2.05) is 73.7 Å². The molecule has 5 nitrogen and oxygen atoms in total. The summed E-state index contributed by atoms with van der Waals surface area (Å²) in [5.41, 5.74) is 8.39. The molecule has 1 atom stereocenters. The molecule has 0 spiro atoms. The van der Waals surface area contributed by atoms with Crippen LogP contribution in [0.5, 0.6) is 0 Å². The number of amides is 1. The number of nitrogens with one attached hydrogen (secondary N) is 1. The molecule has 1 heterocycles. The first-order valence-electron chi connectivity index (χ1n) is 13.0. The zero-order chi connectivity index (χ0) is 26.5. The molecule has 4 aromatic carbocycles. The molecule has 0 aromatic heterocycles. The van der Waals surface area contributed by atoms with Gasteiger partial charge in [0.2, 0.25) is 0 Å². The Morgan fingerprint density at radius 2 is 1.39 bits per heavy atom. The molecule has 5 heteroatoms. The van der Waals surface area contributed by atoms with Gasteiger partial charge in [-0.1, -0.05) is 73.7 Å². The fourth-order valence-electron chi connectivity index (χ4n) is 5.02. The van der Waals surface area contributed by atoms with Crippen LogP contribution < -0.4 is 5.32 Å². The lowest BCUT2D eigenvalue weighted by Gasteiger charge is -2.20. The maximum absolute atomic E-state index is 12.8. The van der Waals surface area contributed by atoms with Crippen molar-refractivity contribution < 1.29 is 14.3 Å². The summed E-state index contributed by atoms with van der Waals surface area (Å²) in [6.07, 6.45) is 0.768. The predicted octanol–water partition coefficient (Wildman–Crippen LogP) is 6.79. The lowest BCUT2D eigenvalue weighted by atomic mass is 9.99. The molecule has 0 aliphatic carbocycles. The fraction of sp³-hybridized carbons (Fsp3) is 0.212. The number of nitrogens with zero attached hydrogens (tertiary/aromatic N) is 1. The van der Waals surface area contributed by atoms with Gasteiger partial charge in [-0.05, 0) is 70.1 Å². The topological polar surface area (TPSA) is 58.6 Å². The maximum atomic E-state index is 12.8. The molecule has 0 saturated heterocycles. The van der Waals surface area contributed by atoms with Crippen LogP contribution in [-0.4, -0.2) is 30.4 Å². The quantitative estimate of drug-likeness (QED) is 0.269. The van der Waals surface area contributed by atoms with Crippen molar-refractivity contribution in [3.63, 3.8) is 0 Å². The number of methoxy groups -OCH3 is 1. The number of rotatable bonds is 8. The van der Waals surface area contributed by atoms with E-state index >= 15 is 0 Å². The summed E-state index contributed by atoms with van der Waals surface area (Å²) in [6, 6.07) is 32.3. The van der Waals surface area contributed by atoms with E-state index < -0.39 is 0 Å². The van der Waals surface area contributed by atoms with E-state index in [-0.39, 0.29) is 17.8 Å². The number of carbonyl (C=O) groups excluding carboxylic acids is 2. The molecule has 5 rings (SSSR count). The zero-order valence-electron chi connectivity index (χ0n) is 21.8. The Bertz CT molecular complexity index is 1410. The number of hydrogen-bond acceptors (Lipinski definition) is 4. The van der Waals surface area contributed by atoms with E-state index in [9.17, 15) is 9.59 Å². The third kappa shape index (κ3) is 5.68. The van der Waals surface area contributed by atoms with E-state index in [4.69, 9.17) is 4.74 Å². The Labute approximate surface area is 224 Å². The molecule has 0 saturated carbocycles. The van der Waals surface area contributed by atoms with Crippen LogP contribution in [0.15, 0.2) is 97.1 Å². The molecular formula is C33H32N2O3. The van der Waals surface area contributed by atoms with Gasteiger partial charge in [0.15, 0.2) is 0 Å². The molecule has 1 aliphatic rings. The highest BCUT2D eigenvalue weighted by Crippen LogP contribution is 2.30. The van der Waals surface area contributed by atoms with E-state index in [1.54, 1.807) is 0 Å². The standard InChI is InChI=1S/C33H32N2O3/c1-3-23(33(37)38-2)20-35-21-29-14-13-28(19-30(29)22-35)26-9-11-27(12-10-26)32(36)34-31-17-15-25(16-18-31)24-7-5-4-6-8-24/h4-19,23H,3,20-22H2,1-2H3,(H,34,36). The summed E-state index contributed by atoms with van der Waals surface area (Å²) in [4.78, 5) is 27.2. The van der Waals surface area contributed by atoms with E-state index in [0.29, 0.717) is 12.1 Å². The van der Waals surface area contributed by atoms with Crippen molar-refractivity contribution in [1.29, 1.82) is 0 Å². The smallest absolute Gasteiger partial charge is 0.309 e. The number of anilines is 1. The Morgan fingerprint density at radius 1 is 0.789 bits per heavy atom. The van der Waals surface area contributed by atoms with Crippen molar-refractivity contribution in [3.05, 3.63) is 114 Å². The number of fused-ring (bicyclic) bond motifs is 1. The first kappa shape index (κ1) is 25.4. The van der Waals surface area contributed by atoms with Crippen LogP contribution in [0.3, 0.4) is 0 Å². The van der Waals surface area contributed by atoms with Crippen LogP contribution >= 0.6 is 0 Å². The summed E-state index contributed by atoms with van der Waals surface area (Å²) in [5, 5.41) is 2.99. The van der Waals surface area contributed by atoms with Crippen molar-refractivity contribution in [2.45, 2.75) is 26.4 Å². The first-order valence-corrected chi connectivity index (χ1v) is 13.0. The minimum Gasteiger partial charge on any atom is -0.469 e. The fourth-order valence-corrected chi connectivity index (χ4v) is 5.02. The van der Waals surface area contributed by atoms with Gasteiger partial charge in [-0.3, -0.25) is 14.5 Å². The highest BCUT2D eigenvalue weighted by molar-refractivity contribution is 6.04. The molecule has 192 valence electrons. The second-order valence-corrected chi connectivity index (χ2v) is 9.76. The van der Waals surface area contributed by atoms with Gasteiger partial charge in [0.1, 0.15) is 0 Å². The second-order valence-electron chi connectivity index (χ2n) is 9.76. The summed E-state index contributed by atoms with van der Waals surface area (Å²) in [6.45, 7) is 4.38. The average molecular weight is 505 g/mol. The third-order valence-corrected chi connectivity index (χ3v) is 7.23. The van der Waals surface area contributed by atoms with Gasteiger partial charge >= 0.3 is 5.97 Å². The predicted molar refractivity (Wildman–Crippen MR) is 152 cm³/mol. The highest BCUT2D eigenvalue weighted by Gasteiger charge is 2.25. The number of hydrogen-bond donors (Lipinski definition) is 1. The summed E-state index contributed by atoms with van der Waals surface area (Å²) in [7, 11) is 1.45. The zero-order valence-corrected chi connectivity index (χ0v) is 21.8. The van der Waals surface area contributed by atoms with Crippen molar-refractivity contribution in [1.82, 2.24) is 4.90 Å². The van der Waals surface area contributed by atoms with Crippen LogP contribution in [0.2, 0.25) is 0 Å². The Hall–Kier alpha value is -4.22. The summed E-state index contributed by atoms with van der Waals surface area (Å²) < 4.78 is 4.95. The molecule has 0 radical (unpaired) electrons. The third-order valence-electron chi connectivity index (χ3n) is 7.23. The van der Waals surface area contributed by atoms with Crippen molar-refractivity contribution in [2.24, 2.45) is 5.92 Å². The largest absolute Gasteiger partial charge is 0.469 e. The van der Waals surface area contributed by atoms with Crippen molar-refractivity contribution in [3.8, 4) is 22.3 Å². The van der Waals surface area contributed by atoms with Crippen LogP contribution in [0.4, 0.5) is 5.69 Å². The van der Waals surface area contributed by atoms with Gasteiger partial charge in [-0.2, -0.15) is 0 Å². The van der Waals surface area contributed by atoms with Crippen LogP contribution in [0.1, 0.15) is 34.8 Å². The molecule has 1 unspecified atom stereocenters. The lowest BCUT2D eigenvalue weighted by Crippen LogP contribution is -2.30. The Kier molecular flexibility index (Phi) is 7.66.